The summed E-state index contributed by atoms with van der Waals surface area (Å²) in [6.45, 7) is 1.30. The maximum Gasteiger partial charge on any atom is 0.279 e. The second-order valence-corrected chi connectivity index (χ2v) is 6.54. The fourth-order valence-corrected chi connectivity index (χ4v) is 3.49. The zero-order valence-corrected chi connectivity index (χ0v) is 11.4. The van der Waals surface area contributed by atoms with Crippen molar-refractivity contribution in [1.29, 1.82) is 0 Å². The van der Waals surface area contributed by atoms with Crippen LogP contribution in [0.5, 0.6) is 11.5 Å². The molecular formula is C12H16N2O4S. The molecule has 2 aliphatic heterocycles. The van der Waals surface area contributed by atoms with Gasteiger partial charge in [0.15, 0.2) is 11.5 Å². The van der Waals surface area contributed by atoms with Gasteiger partial charge in [-0.1, -0.05) is 6.07 Å². The van der Waals surface area contributed by atoms with Crippen molar-refractivity contribution in [2.75, 3.05) is 26.9 Å². The Morgan fingerprint density at radius 1 is 1.32 bits per heavy atom. The van der Waals surface area contributed by atoms with Crippen LogP contribution in [0, 0.1) is 0 Å². The second kappa shape index (κ2) is 4.66. The molecule has 1 unspecified atom stereocenters. The molecule has 1 fully saturated rings. The fraction of sp³-hybridized carbons (Fsp3) is 0.500. The van der Waals surface area contributed by atoms with Gasteiger partial charge in [0.2, 0.25) is 6.79 Å². The maximum absolute atomic E-state index is 11.7. The van der Waals surface area contributed by atoms with E-state index < -0.39 is 10.2 Å². The van der Waals surface area contributed by atoms with Crippen LogP contribution in [0.15, 0.2) is 18.2 Å². The summed E-state index contributed by atoms with van der Waals surface area (Å²) >= 11 is 0. The van der Waals surface area contributed by atoms with E-state index in [1.807, 2.05) is 18.2 Å². The molecule has 7 heteroatoms. The lowest BCUT2D eigenvalue weighted by Gasteiger charge is -2.15. The molecule has 0 amide bonds. The van der Waals surface area contributed by atoms with Crippen molar-refractivity contribution in [3.63, 3.8) is 0 Å². The number of nitrogens with one attached hydrogen (secondary N) is 1. The minimum absolute atomic E-state index is 0.206. The van der Waals surface area contributed by atoms with E-state index in [1.165, 1.54) is 11.4 Å². The van der Waals surface area contributed by atoms with Crippen LogP contribution in [0.3, 0.4) is 0 Å². The van der Waals surface area contributed by atoms with E-state index in [-0.39, 0.29) is 12.7 Å². The molecule has 19 heavy (non-hydrogen) atoms. The first-order valence-corrected chi connectivity index (χ1v) is 7.62. The van der Waals surface area contributed by atoms with Gasteiger partial charge in [-0.05, 0) is 30.0 Å². The summed E-state index contributed by atoms with van der Waals surface area (Å²) in [5.74, 6) is 1.70. The summed E-state index contributed by atoms with van der Waals surface area (Å²) in [5, 5.41) is 0. The number of ether oxygens (including phenoxy) is 2. The standard InChI is InChI=1S/C12H16N2O4S/c1-13-19(15,16)14-5-4-10(7-14)9-2-3-11-12(6-9)18-8-17-11/h2-3,6,10,13H,4-5,7-8H2,1H3. The van der Waals surface area contributed by atoms with Crippen molar-refractivity contribution in [3.05, 3.63) is 23.8 Å². The second-order valence-electron chi connectivity index (χ2n) is 4.67. The summed E-state index contributed by atoms with van der Waals surface area (Å²) in [7, 11) is -1.89. The highest BCUT2D eigenvalue weighted by molar-refractivity contribution is 7.87. The molecule has 0 radical (unpaired) electrons. The highest BCUT2D eigenvalue weighted by atomic mass is 32.2. The van der Waals surface area contributed by atoms with E-state index >= 15 is 0 Å². The Bertz CT molecular complexity index is 587. The molecule has 1 saturated heterocycles. The molecule has 0 aliphatic carbocycles. The van der Waals surface area contributed by atoms with Crippen LogP contribution in [0.25, 0.3) is 0 Å². The Morgan fingerprint density at radius 2 is 2.11 bits per heavy atom. The normalized spacial score (nSPS) is 22.9. The molecule has 1 aromatic rings. The smallest absolute Gasteiger partial charge is 0.279 e. The molecule has 1 atom stereocenters. The van der Waals surface area contributed by atoms with E-state index in [0.29, 0.717) is 13.1 Å². The predicted octanol–water partition coefficient (Wildman–Crippen LogP) is 0.669. The minimum atomic E-state index is -3.32. The lowest BCUT2D eigenvalue weighted by molar-refractivity contribution is 0.174. The Balaban J connectivity index is 1.78. The van der Waals surface area contributed by atoms with Crippen molar-refractivity contribution in [2.45, 2.75) is 12.3 Å². The molecule has 2 aliphatic rings. The monoisotopic (exact) mass is 284 g/mol. The predicted molar refractivity (Wildman–Crippen MR) is 69.5 cm³/mol. The van der Waals surface area contributed by atoms with Gasteiger partial charge < -0.3 is 9.47 Å². The summed E-state index contributed by atoms with van der Waals surface area (Å²) in [4.78, 5) is 0. The first-order chi connectivity index (χ1) is 9.10. The maximum atomic E-state index is 11.7. The summed E-state index contributed by atoms with van der Waals surface area (Å²) < 4.78 is 37.9. The van der Waals surface area contributed by atoms with Crippen LogP contribution < -0.4 is 14.2 Å². The molecule has 0 saturated carbocycles. The summed E-state index contributed by atoms with van der Waals surface area (Å²) in [5.41, 5.74) is 1.10. The highest BCUT2D eigenvalue weighted by Gasteiger charge is 2.31. The molecule has 104 valence electrons. The summed E-state index contributed by atoms with van der Waals surface area (Å²) in [6, 6.07) is 5.81. The zero-order valence-electron chi connectivity index (χ0n) is 10.6. The van der Waals surface area contributed by atoms with Crippen LogP contribution in [0.4, 0.5) is 0 Å². The van der Waals surface area contributed by atoms with Gasteiger partial charge in [0, 0.05) is 20.1 Å². The Kier molecular flexibility index (Phi) is 3.12. The molecule has 0 aromatic heterocycles. The molecule has 2 heterocycles. The molecule has 0 spiro atoms. The molecule has 1 N–H and O–H groups in total. The number of benzene rings is 1. The van der Waals surface area contributed by atoms with E-state index in [1.54, 1.807) is 0 Å². The lowest BCUT2D eigenvalue weighted by Crippen LogP contribution is -2.37. The van der Waals surface area contributed by atoms with Gasteiger partial charge in [0.05, 0.1) is 0 Å². The molecule has 3 rings (SSSR count). The first-order valence-electron chi connectivity index (χ1n) is 6.18. The highest BCUT2D eigenvalue weighted by Crippen LogP contribution is 2.37. The number of rotatable bonds is 3. The van der Waals surface area contributed by atoms with Crippen LogP contribution in [-0.4, -0.2) is 39.7 Å². The van der Waals surface area contributed by atoms with E-state index in [0.717, 1.165) is 23.5 Å². The third-order valence-electron chi connectivity index (χ3n) is 3.62. The van der Waals surface area contributed by atoms with Gasteiger partial charge in [-0.25, -0.2) is 4.72 Å². The average Bonchev–Trinajstić information content (AvgIpc) is 3.06. The van der Waals surface area contributed by atoms with Crippen LogP contribution in [-0.2, 0) is 10.2 Å². The topological polar surface area (TPSA) is 67.9 Å². The van der Waals surface area contributed by atoms with Gasteiger partial charge in [0.1, 0.15) is 0 Å². The summed E-state index contributed by atoms with van der Waals surface area (Å²) in [6.07, 6.45) is 0.820. The van der Waals surface area contributed by atoms with Gasteiger partial charge in [-0.15, -0.1) is 0 Å². The number of hydrogen-bond acceptors (Lipinski definition) is 4. The van der Waals surface area contributed by atoms with E-state index in [2.05, 4.69) is 4.72 Å². The van der Waals surface area contributed by atoms with Crippen molar-refractivity contribution < 1.29 is 17.9 Å². The fourth-order valence-electron chi connectivity index (χ4n) is 2.51. The lowest BCUT2D eigenvalue weighted by atomic mass is 9.98. The molecule has 1 aromatic carbocycles. The zero-order chi connectivity index (χ0) is 13.5. The largest absolute Gasteiger partial charge is 0.454 e. The number of hydrogen-bond donors (Lipinski definition) is 1. The molecule has 0 bridgehead atoms. The van der Waals surface area contributed by atoms with Crippen LogP contribution >= 0.6 is 0 Å². The molecule has 6 nitrogen and oxygen atoms in total. The first kappa shape index (κ1) is 12.7. The van der Waals surface area contributed by atoms with Gasteiger partial charge in [0.25, 0.3) is 10.2 Å². The third-order valence-corrected chi connectivity index (χ3v) is 5.14. The van der Waals surface area contributed by atoms with Gasteiger partial charge in [-0.3, -0.25) is 0 Å². The van der Waals surface area contributed by atoms with Crippen LogP contribution in [0.2, 0.25) is 0 Å². The minimum Gasteiger partial charge on any atom is -0.454 e. The van der Waals surface area contributed by atoms with Gasteiger partial charge in [-0.2, -0.15) is 12.7 Å². The third kappa shape index (κ3) is 2.29. The Labute approximate surface area is 112 Å². The Hall–Kier alpha value is -1.31. The SMILES string of the molecule is CNS(=O)(=O)N1CCC(c2ccc3c(c2)OCO3)C1. The number of nitrogens with zero attached hydrogens (tertiary/aromatic N) is 1. The number of fused-ring (bicyclic) bond motifs is 1. The van der Waals surface area contributed by atoms with Crippen molar-refractivity contribution in [1.82, 2.24) is 9.03 Å². The Morgan fingerprint density at radius 3 is 2.89 bits per heavy atom. The van der Waals surface area contributed by atoms with Gasteiger partial charge >= 0.3 is 0 Å². The quantitative estimate of drug-likeness (QED) is 0.886. The molecular weight excluding hydrogens is 268 g/mol. The van der Waals surface area contributed by atoms with E-state index in [9.17, 15) is 8.42 Å². The van der Waals surface area contributed by atoms with Crippen molar-refractivity contribution in [2.24, 2.45) is 0 Å². The van der Waals surface area contributed by atoms with E-state index in [4.69, 9.17) is 9.47 Å². The average molecular weight is 284 g/mol. The van der Waals surface area contributed by atoms with Crippen molar-refractivity contribution >= 4 is 10.2 Å². The van der Waals surface area contributed by atoms with Crippen LogP contribution in [0.1, 0.15) is 17.9 Å². The van der Waals surface area contributed by atoms with Crippen molar-refractivity contribution in [3.8, 4) is 11.5 Å².